The SMILES string of the molecule is CC(O)(CNC(=O)NCCn1cccc1)c1ccsc1. The van der Waals surface area contributed by atoms with Gasteiger partial charge in [0.15, 0.2) is 0 Å². The number of thiophene rings is 1. The molecule has 2 aromatic rings. The van der Waals surface area contributed by atoms with Crippen LogP contribution in [0.2, 0.25) is 0 Å². The van der Waals surface area contributed by atoms with Crippen molar-refractivity contribution in [2.75, 3.05) is 13.1 Å². The number of rotatable bonds is 6. The van der Waals surface area contributed by atoms with Crippen molar-refractivity contribution in [3.63, 3.8) is 0 Å². The lowest BCUT2D eigenvalue weighted by molar-refractivity contribution is 0.0598. The van der Waals surface area contributed by atoms with Crippen molar-refractivity contribution < 1.29 is 9.90 Å². The zero-order valence-electron chi connectivity index (χ0n) is 11.4. The molecule has 5 nitrogen and oxygen atoms in total. The number of aliphatic hydroxyl groups is 1. The molecule has 0 aromatic carbocycles. The lowest BCUT2D eigenvalue weighted by Crippen LogP contribution is -2.44. The maximum absolute atomic E-state index is 11.6. The van der Waals surface area contributed by atoms with E-state index >= 15 is 0 Å². The summed E-state index contributed by atoms with van der Waals surface area (Å²) in [6.07, 6.45) is 3.89. The van der Waals surface area contributed by atoms with Crippen LogP contribution in [0, 0.1) is 0 Å². The summed E-state index contributed by atoms with van der Waals surface area (Å²) in [7, 11) is 0. The number of carbonyl (C=O) groups excluding carboxylic acids is 1. The van der Waals surface area contributed by atoms with Crippen LogP contribution in [0.3, 0.4) is 0 Å². The quantitative estimate of drug-likeness (QED) is 0.760. The number of hydrogen-bond acceptors (Lipinski definition) is 3. The van der Waals surface area contributed by atoms with Crippen LogP contribution < -0.4 is 10.6 Å². The van der Waals surface area contributed by atoms with E-state index in [2.05, 4.69) is 10.6 Å². The Morgan fingerprint density at radius 3 is 2.80 bits per heavy atom. The number of aromatic nitrogens is 1. The fourth-order valence-corrected chi connectivity index (χ4v) is 2.59. The Kier molecular flexibility index (Phi) is 4.81. The summed E-state index contributed by atoms with van der Waals surface area (Å²) in [6, 6.07) is 5.47. The van der Waals surface area contributed by atoms with E-state index in [0.29, 0.717) is 6.54 Å². The van der Waals surface area contributed by atoms with E-state index in [1.54, 1.807) is 6.92 Å². The van der Waals surface area contributed by atoms with Crippen LogP contribution >= 0.6 is 11.3 Å². The van der Waals surface area contributed by atoms with Crippen molar-refractivity contribution in [3.05, 3.63) is 46.9 Å². The van der Waals surface area contributed by atoms with Crippen molar-refractivity contribution in [1.29, 1.82) is 0 Å². The van der Waals surface area contributed by atoms with Gasteiger partial charge in [-0.25, -0.2) is 4.79 Å². The highest BCUT2D eigenvalue weighted by Crippen LogP contribution is 2.21. The van der Waals surface area contributed by atoms with Gasteiger partial charge in [-0.3, -0.25) is 0 Å². The highest BCUT2D eigenvalue weighted by atomic mass is 32.1. The second-order valence-electron chi connectivity index (χ2n) is 4.82. The van der Waals surface area contributed by atoms with Gasteiger partial charge in [0.05, 0.1) is 6.54 Å². The molecule has 20 heavy (non-hydrogen) atoms. The topological polar surface area (TPSA) is 66.3 Å². The predicted molar refractivity (Wildman–Crippen MR) is 79.7 cm³/mol. The van der Waals surface area contributed by atoms with Gasteiger partial charge in [0.2, 0.25) is 0 Å². The molecule has 1 unspecified atom stereocenters. The van der Waals surface area contributed by atoms with Crippen LogP contribution in [0.5, 0.6) is 0 Å². The second-order valence-corrected chi connectivity index (χ2v) is 5.60. The van der Waals surface area contributed by atoms with E-state index in [0.717, 1.165) is 12.1 Å². The molecule has 6 heteroatoms. The zero-order valence-corrected chi connectivity index (χ0v) is 12.2. The van der Waals surface area contributed by atoms with Crippen molar-refractivity contribution >= 4 is 17.4 Å². The van der Waals surface area contributed by atoms with Crippen LogP contribution in [0.25, 0.3) is 0 Å². The summed E-state index contributed by atoms with van der Waals surface area (Å²) in [6.45, 7) is 3.14. The average Bonchev–Trinajstić information content (AvgIpc) is 3.09. The van der Waals surface area contributed by atoms with Gasteiger partial charge in [0.1, 0.15) is 5.60 Å². The highest BCUT2D eigenvalue weighted by molar-refractivity contribution is 7.08. The lowest BCUT2D eigenvalue weighted by Gasteiger charge is -2.22. The van der Waals surface area contributed by atoms with E-state index in [-0.39, 0.29) is 12.6 Å². The zero-order chi connectivity index (χ0) is 14.4. The maximum atomic E-state index is 11.6. The summed E-state index contributed by atoms with van der Waals surface area (Å²) in [5.74, 6) is 0. The van der Waals surface area contributed by atoms with Gasteiger partial charge in [-0.15, -0.1) is 0 Å². The number of amides is 2. The fraction of sp³-hybridized carbons (Fsp3) is 0.357. The molecule has 0 aliphatic rings. The van der Waals surface area contributed by atoms with Gasteiger partial charge < -0.3 is 20.3 Å². The molecule has 0 aliphatic heterocycles. The lowest BCUT2D eigenvalue weighted by atomic mass is 9.99. The molecule has 2 rings (SSSR count). The van der Waals surface area contributed by atoms with Gasteiger partial charge >= 0.3 is 6.03 Å². The van der Waals surface area contributed by atoms with Crippen molar-refractivity contribution in [2.45, 2.75) is 19.1 Å². The normalized spacial score (nSPS) is 13.7. The largest absolute Gasteiger partial charge is 0.384 e. The molecule has 2 amide bonds. The number of nitrogens with zero attached hydrogens (tertiary/aromatic N) is 1. The minimum absolute atomic E-state index is 0.180. The van der Waals surface area contributed by atoms with Crippen LogP contribution in [-0.2, 0) is 12.1 Å². The predicted octanol–water partition coefficient (Wildman–Crippen LogP) is 1.76. The fourth-order valence-electron chi connectivity index (χ4n) is 1.81. The van der Waals surface area contributed by atoms with E-state index in [1.165, 1.54) is 11.3 Å². The minimum atomic E-state index is -1.04. The number of urea groups is 1. The number of nitrogens with one attached hydrogen (secondary N) is 2. The molecule has 108 valence electrons. The molecule has 0 saturated heterocycles. The summed E-state index contributed by atoms with van der Waals surface area (Å²) < 4.78 is 1.99. The van der Waals surface area contributed by atoms with E-state index in [4.69, 9.17) is 0 Å². The monoisotopic (exact) mass is 293 g/mol. The van der Waals surface area contributed by atoms with Crippen LogP contribution in [0.4, 0.5) is 4.79 Å². The summed E-state index contributed by atoms with van der Waals surface area (Å²) in [4.78, 5) is 11.6. The Balaban J connectivity index is 1.69. The summed E-state index contributed by atoms with van der Waals surface area (Å²) >= 11 is 1.52. The first kappa shape index (κ1) is 14.6. The molecule has 1 atom stereocenters. The molecule has 0 bridgehead atoms. The Morgan fingerprint density at radius 2 is 2.15 bits per heavy atom. The van der Waals surface area contributed by atoms with Gasteiger partial charge in [-0.2, -0.15) is 11.3 Å². The standard InChI is InChI=1S/C14H19N3O2S/c1-14(19,12-4-9-20-10-12)11-16-13(18)15-5-8-17-6-2-3-7-17/h2-4,6-7,9-10,19H,5,8,11H2,1H3,(H2,15,16,18). The minimum Gasteiger partial charge on any atom is -0.384 e. The molecule has 0 spiro atoms. The second kappa shape index (κ2) is 6.58. The van der Waals surface area contributed by atoms with Gasteiger partial charge in [0, 0.05) is 25.5 Å². The highest BCUT2D eigenvalue weighted by Gasteiger charge is 2.23. The third-order valence-electron chi connectivity index (χ3n) is 3.06. The van der Waals surface area contributed by atoms with Gasteiger partial charge in [-0.05, 0) is 41.4 Å². The molecule has 0 saturated carbocycles. The van der Waals surface area contributed by atoms with E-state index in [9.17, 15) is 9.90 Å². The molecule has 0 fully saturated rings. The first-order chi connectivity index (χ1) is 9.58. The molecule has 0 radical (unpaired) electrons. The van der Waals surface area contributed by atoms with Crippen LogP contribution in [0.1, 0.15) is 12.5 Å². The molecule has 2 heterocycles. The maximum Gasteiger partial charge on any atom is 0.314 e. The molecule has 0 aliphatic carbocycles. The number of hydrogen-bond donors (Lipinski definition) is 3. The smallest absolute Gasteiger partial charge is 0.314 e. The Bertz CT molecular complexity index is 521. The van der Waals surface area contributed by atoms with E-state index < -0.39 is 5.60 Å². The first-order valence-electron chi connectivity index (χ1n) is 6.45. The first-order valence-corrected chi connectivity index (χ1v) is 7.40. The van der Waals surface area contributed by atoms with Crippen molar-refractivity contribution in [1.82, 2.24) is 15.2 Å². The van der Waals surface area contributed by atoms with Crippen molar-refractivity contribution in [2.24, 2.45) is 0 Å². The van der Waals surface area contributed by atoms with Gasteiger partial charge in [0.25, 0.3) is 0 Å². The van der Waals surface area contributed by atoms with Crippen molar-refractivity contribution in [3.8, 4) is 0 Å². The molecular formula is C14H19N3O2S. The Labute approximate surface area is 122 Å². The third-order valence-corrected chi connectivity index (χ3v) is 3.74. The Hall–Kier alpha value is -1.79. The van der Waals surface area contributed by atoms with Gasteiger partial charge in [-0.1, -0.05) is 0 Å². The van der Waals surface area contributed by atoms with E-state index in [1.807, 2.05) is 45.9 Å². The molecular weight excluding hydrogens is 274 g/mol. The van der Waals surface area contributed by atoms with Crippen LogP contribution in [0.15, 0.2) is 41.4 Å². The molecule has 2 aromatic heterocycles. The number of carbonyl (C=O) groups is 1. The summed E-state index contributed by atoms with van der Waals surface area (Å²) in [5, 5.41) is 19.5. The van der Waals surface area contributed by atoms with Crippen LogP contribution in [-0.4, -0.2) is 28.8 Å². The summed E-state index contributed by atoms with van der Waals surface area (Å²) in [5.41, 5.74) is -0.229. The average molecular weight is 293 g/mol. The molecule has 3 N–H and O–H groups in total. The third kappa shape index (κ3) is 4.11. The Morgan fingerprint density at radius 1 is 1.40 bits per heavy atom.